The van der Waals surface area contributed by atoms with Gasteiger partial charge in [-0.1, -0.05) is 0 Å². The van der Waals surface area contributed by atoms with Gasteiger partial charge in [-0.15, -0.1) is 0 Å². The lowest BCUT2D eigenvalue weighted by atomic mass is 9.97. The molecule has 1 fully saturated rings. The maximum atomic E-state index is 13.0. The molecule has 1 atom stereocenters. The number of hydrogen-bond donors (Lipinski definition) is 0. The Labute approximate surface area is 151 Å². The molecule has 26 heavy (non-hydrogen) atoms. The Hall–Kier alpha value is -2.83. The summed E-state index contributed by atoms with van der Waals surface area (Å²) in [5, 5.41) is 0. The van der Waals surface area contributed by atoms with Crippen LogP contribution in [0, 0.1) is 0 Å². The zero-order valence-electron chi connectivity index (χ0n) is 15.3. The normalized spacial score (nSPS) is 18.2. The summed E-state index contributed by atoms with van der Waals surface area (Å²) in [6, 6.07) is 5.18. The highest BCUT2D eigenvalue weighted by Gasteiger charge is 2.43. The second kappa shape index (κ2) is 5.59. The molecule has 2 aromatic rings. The van der Waals surface area contributed by atoms with Crippen molar-refractivity contribution in [1.82, 2.24) is 14.5 Å². The molecule has 1 aromatic carbocycles. The first kappa shape index (κ1) is 16.6. The van der Waals surface area contributed by atoms with E-state index in [4.69, 9.17) is 9.47 Å². The lowest BCUT2D eigenvalue weighted by Gasteiger charge is -2.39. The van der Waals surface area contributed by atoms with E-state index in [1.165, 1.54) is 0 Å². The average molecular weight is 355 g/mol. The molecule has 1 unspecified atom stereocenters. The zero-order valence-corrected chi connectivity index (χ0v) is 15.3. The summed E-state index contributed by atoms with van der Waals surface area (Å²) < 4.78 is 12.6. The number of fused-ring (bicyclic) bond motifs is 5. The van der Waals surface area contributed by atoms with Gasteiger partial charge in [-0.05, 0) is 45.4 Å². The van der Waals surface area contributed by atoms with Crippen LogP contribution < -0.4 is 4.74 Å². The van der Waals surface area contributed by atoms with Gasteiger partial charge in [0.2, 0.25) is 0 Å². The van der Waals surface area contributed by atoms with Crippen LogP contribution in [-0.2, 0) is 4.74 Å². The van der Waals surface area contributed by atoms with Crippen LogP contribution in [0.3, 0.4) is 0 Å². The summed E-state index contributed by atoms with van der Waals surface area (Å²) in [6.45, 7) is 6.11. The summed E-state index contributed by atoms with van der Waals surface area (Å²) in [4.78, 5) is 31.7. The molecular formula is C19H21N3O4. The van der Waals surface area contributed by atoms with Crippen molar-refractivity contribution < 1.29 is 19.1 Å². The molecule has 0 spiro atoms. The van der Waals surface area contributed by atoms with Crippen molar-refractivity contribution in [3.05, 3.63) is 41.5 Å². The summed E-state index contributed by atoms with van der Waals surface area (Å²) in [7, 11) is 1.57. The van der Waals surface area contributed by atoms with Gasteiger partial charge in [-0.3, -0.25) is 9.36 Å². The zero-order chi connectivity index (χ0) is 18.6. The van der Waals surface area contributed by atoms with Crippen LogP contribution in [0.25, 0.3) is 5.69 Å². The van der Waals surface area contributed by atoms with Gasteiger partial charge in [0, 0.05) is 6.54 Å². The van der Waals surface area contributed by atoms with E-state index in [2.05, 4.69) is 4.98 Å². The number of methoxy groups -OCH3 is 1. The average Bonchev–Trinajstić information content (AvgIpc) is 2.93. The minimum atomic E-state index is -0.612. The van der Waals surface area contributed by atoms with E-state index >= 15 is 0 Å². The third-order valence-electron chi connectivity index (χ3n) is 4.69. The number of carbonyl (C=O) groups is 2. The first-order valence-electron chi connectivity index (χ1n) is 8.60. The summed E-state index contributed by atoms with van der Waals surface area (Å²) in [6.07, 6.45) is 2.38. The number of aromatic nitrogens is 2. The number of esters is 1. The van der Waals surface area contributed by atoms with Crippen molar-refractivity contribution in [2.75, 3.05) is 13.7 Å². The summed E-state index contributed by atoms with van der Waals surface area (Å²) >= 11 is 0. The van der Waals surface area contributed by atoms with Gasteiger partial charge in [0.05, 0.1) is 30.1 Å². The summed E-state index contributed by atoms with van der Waals surface area (Å²) in [5.41, 5.74) is 1.61. The second-order valence-electron chi connectivity index (χ2n) is 7.54. The highest BCUT2D eigenvalue weighted by Crippen LogP contribution is 2.41. The Morgan fingerprint density at radius 1 is 1.31 bits per heavy atom. The van der Waals surface area contributed by atoms with Gasteiger partial charge in [0.15, 0.2) is 5.69 Å². The number of amides is 1. The Kier molecular flexibility index (Phi) is 3.57. The van der Waals surface area contributed by atoms with Crippen LogP contribution in [0.5, 0.6) is 5.75 Å². The van der Waals surface area contributed by atoms with E-state index in [-0.39, 0.29) is 17.6 Å². The van der Waals surface area contributed by atoms with Gasteiger partial charge in [0.1, 0.15) is 17.7 Å². The predicted octanol–water partition coefficient (Wildman–Crippen LogP) is 2.74. The van der Waals surface area contributed by atoms with Crippen molar-refractivity contribution in [2.45, 2.75) is 38.8 Å². The highest BCUT2D eigenvalue weighted by molar-refractivity contribution is 6.00. The molecule has 0 radical (unpaired) electrons. The fourth-order valence-corrected chi connectivity index (χ4v) is 3.44. The number of hydrogen-bond acceptors (Lipinski definition) is 5. The number of nitrogens with zero attached hydrogens (tertiary/aromatic N) is 3. The molecule has 0 bridgehead atoms. The summed E-state index contributed by atoms with van der Waals surface area (Å²) in [5.74, 6) is 0.0848. The Balaban J connectivity index is 1.87. The first-order valence-corrected chi connectivity index (χ1v) is 8.60. The van der Waals surface area contributed by atoms with Crippen LogP contribution in [0.15, 0.2) is 24.5 Å². The van der Waals surface area contributed by atoms with Crippen LogP contribution in [0.1, 0.15) is 59.8 Å². The lowest BCUT2D eigenvalue weighted by Crippen LogP contribution is -2.45. The molecule has 0 aliphatic carbocycles. The molecule has 1 saturated heterocycles. The van der Waals surface area contributed by atoms with Crippen LogP contribution in [-0.4, -0.2) is 45.6 Å². The molecule has 3 heterocycles. The molecule has 7 heteroatoms. The van der Waals surface area contributed by atoms with Crippen molar-refractivity contribution in [2.24, 2.45) is 0 Å². The predicted molar refractivity (Wildman–Crippen MR) is 93.7 cm³/mol. The van der Waals surface area contributed by atoms with E-state index in [9.17, 15) is 9.59 Å². The van der Waals surface area contributed by atoms with E-state index in [0.717, 1.165) is 6.42 Å². The van der Waals surface area contributed by atoms with E-state index in [0.29, 0.717) is 29.2 Å². The Morgan fingerprint density at radius 2 is 2.08 bits per heavy atom. The molecule has 136 valence electrons. The van der Waals surface area contributed by atoms with Gasteiger partial charge in [-0.25, -0.2) is 9.78 Å². The van der Waals surface area contributed by atoms with Gasteiger partial charge in [-0.2, -0.15) is 0 Å². The maximum Gasteiger partial charge on any atom is 0.359 e. The Bertz CT molecular complexity index is 910. The maximum absolute atomic E-state index is 13.0. The molecule has 2 aliphatic rings. The Morgan fingerprint density at radius 3 is 2.69 bits per heavy atom. The molecular weight excluding hydrogens is 334 g/mol. The van der Waals surface area contributed by atoms with E-state index in [1.807, 2.05) is 31.4 Å². The van der Waals surface area contributed by atoms with Crippen molar-refractivity contribution >= 4 is 11.9 Å². The topological polar surface area (TPSA) is 73.7 Å². The minimum absolute atomic E-state index is 0.0611. The third kappa shape index (κ3) is 2.46. The van der Waals surface area contributed by atoms with Gasteiger partial charge >= 0.3 is 5.97 Å². The fraction of sp³-hybridized carbons (Fsp3) is 0.421. The molecule has 0 saturated carbocycles. The van der Waals surface area contributed by atoms with Crippen molar-refractivity contribution in [3.63, 3.8) is 0 Å². The number of ether oxygens (including phenoxy) is 2. The largest absolute Gasteiger partial charge is 0.497 e. The number of benzene rings is 1. The van der Waals surface area contributed by atoms with Crippen molar-refractivity contribution in [3.8, 4) is 11.4 Å². The molecule has 7 nitrogen and oxygen atoms in total. The quantitative estimate of drug-likeness (QED) is 0.775. The SMILES string of the molecule is COc1ccc2c(c1)C(=O)N1CCC1c1c(C(=O)OC(C)(C)C)ncn1-2. The monoisotopic (exact) mass is 355 g/mol. The van der Waals surface area contributed by atoms with Gasteiger partial charge in [0.25, 0.3) is 5.91 Å². The van der Waals surface area contributed by atoms with E-state index < -0.39 is 11.6 Å². The molecule has 1 amide bonds. The van der Waals surface area contributed by atoms with Gasteiger partial charge < -0.3 is 14.4 Å². The third-order valence-corrected chi connectivity index (χ3v) is 4.69. The van der Waals surface area contributed by atoms with Crippen LogP contribution >= 0.6 is 0 Å². The second-order valence-corrected chi connectivity index (χ2v) is 7.54. The fourth-order valence-electron chi connectivity index (χ4n) is 3.44. The molecule has 4 rings (SSSR count). The molecule has 2 aliphatic heterocycles. The van der Waals surface area contributed by atoms with E-state index in [1.54, 1.807) is 30.5 Å². The first-order chi connectivity index (χ1) is 12.3. The number of rotatable bonds is 2. The highest BCUT2D eigenvalue weighted by atomic mass is 16.6. The number of imidazole rings is 1. The lowest BCUT2D eigenvalue weighted by molar-refractivity contribution is 0.00537. The molecule has 1 aromatic heterocycles. The number of carbonyl (C=O) groups excluding carboxylic acids is 2. The standard InChI is InChI=1S/C19H21N3O4/c1-19(2,3)26-18(24)15-16-14-7-8-21(14)17(23)12-9-11(25-4)5-6-13(12)22(16)10-20-15/h5-6,9-10,14H,7-8H2,1-4H3. The minimum Gasteiger partial charge on any atom is -0.497 e. The van der Waals surface area contributed by atoms with Crippen LogP contribution in [0.2, 0.25) is 0 Å². The van der Waals surface area contributed by atoms with Crippen molar-refractivity contribution in [1.29, 1.82) is 0 Å². The van der Waals surface area contributed by atoms with Crippen LogP contribution in [0.4, 0.5) is 0 Å². The smallest absolute Gasteiger partial charge is 0.359 e. The molecule has 0 N–H and O–H groups in total.